The molecule has 1 aliphatic heterocycles. The highest BCUT2D eigenvalue weighted by molar-refractivity contribution is 7.22. The number of carbonyl (C=O) groups excluding carboxylic acids is 1. The summed E-state index contributed by atoms with van der Waals surface area (Å²) < 4.78 is 11.9. The lowest BCUT2D eigenvalue weighted by molar-refractivity contribution is -0.118. The fraction of sp³-hybridized carbons (Fsp3) is 0.333. The number of ether oxygens (including phenoxy) is 2. The number of hydrogen-bond acceptors (Lipinski definition) is 6. The summed E-state index contributed by atoms with van der Waals surface area (Å²) in [4.78, 5) is 21.7. The molecular weight excluding hydrogens is 374 g/mol. The minimum Gasteiger partial charge on any atom is -0.454 e. The van der Waals surface area contributed by atoms with Crippen LogP contribution in [0, 0.1) is 6.92 Å². The molecule has 4 rings (SSSR count). The van der Waals surface area contributed by atoms with Crippen molar-refractivity contribution in [3.63, 3.8) is 0 Å². The highest BCUT2D eigenvalue weighted by Gasteiger charge is 2.21. The third-order valence-corrected chi connectivity index (χ3v) is 5.67. The Morgan fingerprint density at radius 3 is 2.75 bits per heavy atom. The molecule has 1 aromatic heterocycles. The fourth-order valence-electron chi connectivity index (χ4n) is 3.08. The van der Waals surface area contributed by atoms with Crippen LogP contribution < -0.4 is 14.4 Å². The summed E-state index contributed by atoms with van der Waals surface area (Å²) in [7, 11) is 4.00. The van der Waals surface area contributed by atoms with E-state index in [2.05, 4.69) is 17.9 Å². The number of aryl methyl sites for hydroxylation is 1. The van der Waals surface area contributed by atoms with Gasteiger partial charge in [-0.3, -0.25) is 9.69 Å². The summed E-state index contributed by atoms with van der Waals surface area (Å²) >= 11 is 1.56. The molecule has 0 fully saturated rings. The molecule has 0 spiro atoms. The van der Waals surface area contributed by atoms with E-state index < -0.39 is 0 Å². The third-order valence-electron chi connectivity index (χ3n) is 4.63. The predicted octanol–water partition coefficient (Wildman–Crippen LogP) is 3.47. The predicted molar refractivity (Wildman–Crippen MR) is 112 cm³/mol. The summed E-state index contributed by atoms with van der Waals surface area (Å²) in [6.45, 7) is 3.65. The van der Waals surface area contributed by atoms with Crippen LogP contribution in [0.3, 0.4) is 0 Å². The Kier molecular flexibility index (Phi) is 5.19. The van der Waals surface area contributed by atoms with Gasteiger partial charge in [0.15, 0.2) is 16.6 Å². The van der Waals surface area contributed by atoms with Gasteiger partial charge >= 0.3 is 0 Å². The van der Waals surface area contributed by atoms with E-state index in [1.54, 1.807) is 16.2 Å². The highest BCUT2D eigenvalue weighted by atomic mass is 32.1. The van der Waals surface area contributed by atoms with Crippen LogP contribution in [0.4, 0.5) is 5.13 Å². The Morgan fingerprint density at radius 2 is 1.93 bits per heavy atom. The van der Waals surface area contributed by atoms with Crippen molar-refractivity contribution in [3.05, 3.63) is 47.5 Å². The van der Waals surface area contributed by atoms with E-state index in [-0.39, 0.29) is 12.7 Å². The van der Waals surface area contributed by atoms with Crippen LogP contribution in [0.1, 0.15) is 11.1 Å². The summed E-state index contributed by atoms with van der Waals surface area (Å²) in [5.41, 5.74) is 3.02. The average molecular weight is 398 g/mol. The molecule has 2 heterocycles. The van der Waals surface area contributed by atoms with Crippen LogP contribution in [-0.4, -0.2) is 49.8 Å². The molecule has 0 saturated carbocycles. The van der Waals surface area contributed by atoms with Crippen molar-refractivity contribution in [3.8, 4) is 11.5 Å². The van der Waals surface area contributed by atoms with Crippen LogP contribution in [0.15, 0.2) is 36.4 Å². The van der Waals surface area contributed by atoms with Gasteiger partial charge in [-0.25, -0.2) is 4.98 Å². The molecule has 0 aliphatic carbocycles. The first-order valence-corrected chi connectivity index (χ1v) is 10.0. The molecule has 3 aromatic rings. The van der Waals surface area contributed by atoms with Gasteiger partial charge in [0.25, 0.3) is 0 Å². The Hall–Kier alpha value is -2.64. The number of thiazole rings is 1. The fourth-order valence-corrected chi connectivity index (χ4v) is 4.19. The number of rotatable bonds is 6. The van der Waals surface area contributed by atoms with Crippen molar-refractivity contribution in [2.45, 2.75) is 13.3 Å². The number of nitrogens with zero attached hydrogens (tertiary/aromatic N) is 3. The van der Waals surface area contributed by atoms with Crippen molar-refractivity contribution < 1.29 is 14.3 Å². The average Bonchev–Trinajstić information content (AvgIpc) is 3.27. The lowest BCUT2D eigenvalue weighted by Gasteiger charge is -2.22. The van der Waals surface area contributed by atoms with Crippen LogP contribution in [0.2, 0.25) is 0 Å². The zero-order valence-electron chi connectivity index (χ0n) is 16.3. The number of benzene rings is 2. The molecule has 1 aliphatic rings. The number of aromatic nitrogens is 1. The third kappa shape index (κ3) is 3.95. The van der Waals surface area contributed by atoms with Crippen LogP contribution in [-0.2, 0) is 11.2 Å². The summed E-state index contributed by atoms with van der Waals surface area (Å²) in [6.07, 6.45) is 0.291. The van der Waals surface area contributed by atoms with Gasteiger partial charge in [-0.15, -0.1) is 0 Å². The molecule has 146 valence electrons. The Balaban J connectivity index is 1.59. The van der Waals surface area contributed by atoms with E-state index in [0.29, 0.717) is 18.7 Å². The number of amides is 1. The van der Waals surface area contributed by atoms with E-state index in [1.807, 2.05) is 44.4 Å². The smallest absolute Gasteiger partial charge is 0.233 e. The number of fused-ring (bicyclic) bond motifs is 2. The van der Waals surface area contributed by atoms with Gasteiger partial charge in [0.1, 0.15) is 0 Å². The second kappa shape index (κ2) is 7.77. The van der Waals surface area contributed by atoms with Crippen LogP contribution in [0.25, 0.3) is 10.2 Å². The zero-order valence-corrected chi connectivity index (χ0v) is 17.1. The monoisotopic (exact) mass is 397 g/mol. The maximum atomic E-state index is 13.2. The van der Waals surface area contributed by atoms with Gasteiger partial charge in [0.05, 0.1) is 16.6 Å². The first-order valence-electron chi connectivity index (χ1n) is 9.20. The molecule has 7 heteroatoms. The van der Waals surface area contributed by atoms with E-state index in [4.69, 9.17) is 14.5 Å². The highest BCUT2D eigenvalue weighted by Crippen LogP contribution is 2.33. The Labute approximate surface area is 168 Å². The van der Waals surface area contributed by atoms with E-state index in [0.717, 1.165) is 33.2 Å². The van der Waals surface area contributed by atoms with E-state index >= 15 is 0 Å². The first-order chi connectivity index (χ1) is 13.5. The van der Waals surface area contributed by atoms with Gasteiger partial charge in [-0.2, -0.15) is 0 Å². The van der Waals surface area contributed by atoms with Gasteiger partial charge < -0.3 is 14.4 Å². The zero-order chi connectivity index (χ0) is 19.7. The molecule has 0 N–H and O–H groups in total. The topological polar surface area (TPSA) is 54.9 Å². The van der Waals surface area contributed by atoms with Crippen LogP contribution >= 0.6 is 11.3 Å². The van der Waals surface area contributed by atoms with Gasteiger partial charge in [-0.1, -0.05) is 23.5 Å². The lowest BCUT2D eigenvalue weighted by Crippen LogP contribution is -2.37. The van der Waals surface area contributed by atoms with Gasteiger partial charge in [0.2, 0.25) is 12.7 Å². The van der Waals surface area contributed by atoms with Gasteiger partial charge in [0, 0.05) is 13.1 Å². The molecule has 0 saturated heterocycles. The number of anilines is 1. The van der Waals surface area contributed by atoms with Crippen molar-refractivity contribution in [2.24, 2.45) is 0 Å². The number of carbonyl (C=O) groups is 1. The molecule has 0 unspecified atom stereocenters. The molecule has 28 heavy (non-hydrogen) atoms. The normalized spacial score (nSPS) is 12.7. The molecule has 1 amide bonds. The minimum atomic E-state index is 0.0245. The molecular formula is C21H23N3O3S. The number of likely N-dealkylation sites (N-methyl/N-ethyl adjacent to an activating group) is 1. The quantitative estimate of drug-likeness (QED) is 0.638. The first kappa shape index (κ1) is 18.7. The Bertz CT molecular complexity index is 1020. The second-order valence-electron chi connectivity index (χ2n) is 7.18. The van der Waals surface area contributed by atoms with Crippen molar-refractivity contribution in [1.82, 2.24) is 9.88 Å². The number of hydrogen-bond donors (Lipinski definition) is 0. The largest absolute Gasteiger partial charge is 0.454 e. The van der Waals surface area contributed by atoms with Gasteiger partial charge in [-0.05, 0) is 56.4 Å². The van der Waals surface area contributed by atoms with E-state index in [1.165, 1.54) is 5.56 Å². The summed E-state index contributed by atoms with van der Waals surface area (Å²) in [5, 5.41) is 0.744. The van der Waals surface area contributed by atoms with Crippen molar-refractivity contribution in [2.75, 3.05) is 38.9 Å². The van der Waals surface area contributed by atoms with Crippen molar-refractivity contribution in [1.29, 1.82) is 0 Å². The molecule has 0 radical (unpaired) electrons. The SMILES string of the molecule is Cc1ccc2nc(N(CCN(C)C)C(=O)Cc3ccc4c(c3)OCO4)sc2c1. The lowest BCUT2D eigenvalue weighted by atomic mass is 10.1. The van der Waals surface area contributed by atoms with Crippen molar-refractivity contribution >= 4 is 32.6 Å². The molecule has 0 atom stereocenters. The van der Waals surface area contributed by atoms with Crippen LogP contribution in [0.5, 0.6) is 11.5 Å². The second-order valence-corrected chi connectivity index (χ2v) is 8.19. The molecule has 6 nitrogen and oxygen atoms in total. The summed E-state index contributed by atoms with van der Waals surface area (Å²) in [5.74, 6) is 1.44. The standard InChI is InChI=1S/C21H23N3O3S/c1-14-4-6-16-19(10-14)28-21(22-16)24(9-8-23(2)3)20(25)12-15-5-7-17-18(11-15)27-13-26-17/h4-7,10-11H,8-9,12-13H2,1-3H3. The molecule has 2 aromatic carbocycles. The van der Waals surface area contributed by atoms with E-state index in [9.17, 15) is 4.79 Å². The maximum absolute atomic E-state index is 13.2. The minimum absolute atomic E-state index is 0.0245. The Morgan fingerprint density at radius 1 is 1.11 bits per heavy atom. The summed E-state index contributed by atoms with van der Waals surface area (Å²) in [6, 6.07) is 11.8. The maximum Gasteiger partial charge on any atom is 0.233 e. The molecule has 0 bridgehead atoms.